The molecule has 3 rings (SSSR count). The largest absolute Gasteiger partial charge is 0.488 e. The van der Waals surface area contributed by atoms with E-state index in [1.165, 1.54) is 43.3 Å². The lowest BCUT2D eigenvalue weighted by atomic mass is 10.2. The number of amides is 1. The summed E-state index contributed by atoms with van der Waals surface area (Å²) in [6.45, 7) is 2.82. The fraction of sp³-hybridized carbons (Fsp3) is 0.227. The van der Waals surface area contributed by atoms with Gasteiger partial charge in [0.1, 0.15) is 29.0 Å². The predicted molar refractivity (Wildman–Crippen MR) is 123 cm³/mol. The lowest BCUT2D eigenvalue weighted by Gasteiger charge is -2.15. The van der Waals surface area contributed by atoms with E-state index < -0.39 is 21.8 Å². The summed E-state index contributed by atoms with van der Waals surface area (Å²) in [7, 11) is -3.35. The molecule has 33 heavy (non-hydrogen) atoms. The second-order valence-electron chi connectivity index (χ2n) is 7.20. The van der Waals surface area contributed by atoms with Gasteiger partial charge in [0, 0.05) is 30.2 Å². The number of ether oxygens (including phenoxy) is 2. The van der Waals surface area contributed by atoms with E-state index in [1.54, 1.807) is 18.4 Å². The summed E-state index contributed by atoms with van der Waals surface area (Å²) in [6.07, 6.45) is 0.584. The van der Waals surface area contributed by atoms with Gasteiger partial charge in [-0.3, -0.25) is 14.9 Å². The van der Waals surface area contributed by atoms with Crippen molar-refractivity contribution < 1.29 is 32.6 Å². The van der Waals surface area contributed by atoms with Crippen molar-refractivity contribution in [3.63, 3.8) is 0 Å². The highest BCUT2D eigenvalue weighted by molar-refractivity contribution is 7.90. The number of benzene rings is 2. The molecule has 1 amide bonds. The van der Waals surface area contributed by atoms with Crippen LogP contribution in [0.5, 0.6) is 17.2 Å². The molecule has 2 N–H and O–H groups in total. The Hall–Kier alpha value is -3.28. The first kappa shape index (κ1) is 24.4. The zero-order valence-electron chi connectivity index (χ0n) is 18.1. The maximum Gasteiger partial charge on any atom is 0.257 e. The smallest absolute Gasteiger partial charge is 0.257 e. The van der Waals surface area contributed by atoms with E-state index >= 15 is 0 Å². The van der Waals surface area contributed by atoms with Crippen LogP contribution in [0.2, 0.25) is 0 Å². The number of rotatable bonds is 9. The quantitative estimate of drug-likeness (QED) is 0.435. The third kappa shape index (κ3) is 6.60. The molecule has 0 radical (unpaired) electrons. The summed E-state index contributed by atoms with van der Waals surface area (Å²) in [4.78, 5) is 28.5. The third-order valence-electron chi connectivity index (χ3n) is 4.31. The van der Waals surface area contributed by atoms with Gasteiger partial charge in [0.25, 0.3) is 5.91 Å². The first-order valence-corrected chi connectivity index (χ1v) is 12.5. The first-order chi connectivity index (χ1) is 15.5. The van der Waals surface area contributed by atoms with E-state index in [0.29, 0.717) is 5.75 Å². The molecule has 0 unspecified atom stereocenters. The Morgan fingerprint density at radius 3 is 2.36 bits per heavy atom. The average Bonchev–Trinajstić information content (AvgIpc) is 3.22. The Kier molecular flexibility index (Phi) is 7.46. The van der Waals surface area contributed by atoms with Gasteiger partial charge in [-0.25, -0.2) is 13.4 Å². The zero-order chi connectivity index (χ0) is 24.2. The molecule has 0 fully saturated rings. The molecule has 1 aromatic heterocycles. The Morgan fingerprint density at radius 2 is 1.79 bits per heavy atom. The number of carbonyl (C=O) groups is 2. The van der Waals surface area contributed by atoms with Crippen LogP contribution in [-0.2, 0) is 9.84 Å². The van der Waals surface area contributed by atoms with E-state index in [4.69, 9.17) is 9.47 Å². The molecule has 0 aliphatic rings. The van der Waals surface area contributed by atoms with Crippen LogP contribution in [-0.4, -0.2) is 49.2 Å². The summed E-state index contributed by atoms with van der Waals surface area (Å²) in [6, 6.07) is 10.3. The maximum absolute atomic E-state index is 12.8. The van der Waals surface area contributed by atoms with Gasteiger partial charge < -0.3 is 14.6 Å². The summed E-state index contributed by atoms with van der Waals surface area (Å²) in [5.74, 6) is 0.192. The Bertz CT molecular complexity index is 1270. The van der Waals surface area contributed by atoms with Gasteiger partial charge in [-0.05, 0) is 43.3 Å². The second kappa shape index (κ2) is 10.1. The number of aromatic nitrogens is 1. The number of sulfone groups is 1. The van der Waals surface area contributed by atoms with Gasteiger partial charge in [-0.15, -0.1) is 11.3 Å². The van der Waals surface area contributed by atoms with Crippen LogP contribution in [0.3, 0.4) is 0 Å². The van der Waals surface area contributed by atoms with Crippen molar-refractivity contribution in [1.29, 1.82) is 0 Å². The normalized spacial score (nSPS) is 12.1. The van der Waals surface area contributed by atoms with Crippen LogP contribution in [0, 0.1) is 0 Å². The topological polar surface area (TPSA) is 132 Å². The van der Waals surface area contributed by atoms with Crippen molar-refractivity contribution in [2.75, 3.05) is 18.2 Å². The van der Waals surface area contributed by atoms with Crippen LogP contribution in [0.25, 0.3) is 0 Å². The van der Waals surface area contributed by atoms with Crippen molar-refractivity contribution in [3.8, 4) is 17.2 Å². The number of thiazole rings is 1. The highest BCUT2D eigenvalue weighted by Crippen LogP contribution is 2.29. The molecular weight excluding hydrogens is 468 g/mol. The monoisotopic (exact) mass is 490 g/mol. The standard InChI is InChI=1S/C22H22N2O7S2/c1-13(11-25)30-17-8-15(21(27)24-22-23-20(12-32-22)14(2)26)9-18(10-17)31-16-4-6-19(7-5-16)33(3,28)29/h4-10,12-13,25H,11H2,1-3H3,(H,23,24,27)/t13-/m0/s1. The third-order valence-corrected chi connectivity index (χ3v) is 6.20. The minimum Gasteiger partial charge on any atom is -0.488 e. The SMILES string of the molecule is CC(=O)c1csc(NC(=O)c2cc(Oc3ccc(S(C)(=O)=O)cc3)cc(O[C@@H](C)CO)c2)n1. The number of aliphatic hydroxyl groups is 1. The summed E-state index contributed by atoms with van der Waals surface area (Å²) >= 11 is 1.12. The molecule has 1 atom stereocenters. The van der Waals surface area contributed by atoms with E-state index in [9.17, 15) is 23.1 Å². The van der Waals surface area contributed by atoms with E-state index in [0.717, 1.165) is 17.6 Å². The second-order valence-corrected chi connectivity index (χ2v) is 10.1. The maximum atomic E-state index is 12.8. The fourth-order valence-corrected chi connectivity index (χ4v) is 4.03. The number of anilines is 1. The number of ketones is 1. The van der Waals surface area contributed by atoms with E-state index in [2.05, 4.69) is 10.3 Å². The lowest BCUT2D eigenvalue weighted by molar-refractivity contribution is 0.100. The first-order valence-electron chi connectivity index (χ1n) is 9.73. The van der Waals surface area contributed by atoms with Crippen molar-refractivity contribution in [2.45, 2.75) is 24.8 Å². The Balaban J connectivity index is 1.87. The van der Waals surface area contributed by atoms with Crippen LogP contribution < -0.4 is 14.8 Å². The van der Waals surface area contributed by atoms with Gasteiger partial charge >= 0.3 is 0 Å². The molecule has 2 aromatic carbocycles. The van der Waals surface area contributed by atoms with E-state index in [-0.39, 0.29) is 45.2 Å². The number of carbonyl (C=O) groups excluding carboxylic acids is 2. The summed E-state index contributed by atoms with van der Waals surface area (Å²) < 4.78 is 34.7. The van der Waals surface area contributed by atoms with E-state index in [1.807, 2.05) is 0 Å². The van der Waals surface area contributed by atoms with Gasteiger partial charge in [0.15, 0.2) is 20.8 Å². The predicted octanol–water partition coefficient (Wildman–Crippen LogP) is 3.55. The molecule has 174 valence electrons. The lowest BCUT2D eigenvalue weighted by Crippen LogP contribution is -2.17. The minimum atomic E-state index is -3.35. The molecule has 0 bridgehead atoms. The molecule has 11 heteroatoms. The molecule has 0 saturated carbocycles. The minimum absolute atomic E-state index is 0.150. The number of nitrogens with zero attached hydrogens (tertiary/aromatic N) is 1. The number of nitrogens with one attached hydrogen (secondary N) is 1. The van der Waals surface area contributed by atoms with Crippen molar-refractivity contribution in [1.82, 2.24) is 4.98 Å². The van der Waals surface area contributed by atoms with Crippen LogP contribution >= 0.6 is 11.3 Å². The van der Waals surface area contributed by atoms with Gasteiger partial charge in [0.05, 0.1) is 11.5 Å². The Labute approximate surface area is 194 Å². The molecule has 0 aliphatic heterocycles. The van der Waals surface area contributed by atoms with Crippen molar-refractivity contribution >= 4 is 38.0 Å². The Morgan fingerprint density at radius 1 is 1.12 bits per heavy atom. The molecule has 3 aromatic rings. The van der Waals surface area contributed by atoms with Crippen LogP contribution in [0.4, 0.5) is 5.13 Å². The van der Waals surface area contributed by atoms with Gasteiger partial charge in [-0.1, -0.05) is 0 Å². The number of hydrogen-bond acceptors (Lipinski definition) is 9. The molecular formula is C22H22N2O7S2. The fourth-order valence-electron chi connectivity index (χ4n) is 2.65. The van der Waals surface area contributed by atoms with Crippen LogP contribution in [0.1, 0.15) is 34.7 Å². The highest BCUT2D eigenvalue weighted by Gasteiger charge is 2.15. The van der Waals surface area contributed by atoms with Crippen molar-refractivity contribution in [3.05, 3.63) is 59.1 Å². The molecule has 1 heterocycles. The number of Topliss-reactive ketones (excluding diaryl/α,β-unsaturated/α-hetero) is 1. The van der Waals surface area contributed by atoms with Crippen molar-refractivity contribution in [2.24, 2.45) is 0 Å². The number of hydrogen-bond donors (Lipinski definition) is 2. The van der Waals surface area contributed by atoms with Gasteiger partial charge in [-0.2, -0.15) is 0 Å². The number of aliphatic hydroxyl groups excluding tert-OH is 1. The molecule has 0 aliphatic carbocycles. The molecule has 9 nitrogen and oxygen atoms in total. The zero-order valence-corrected chi connectivity index (χ0v) is 19.7. The average molecular weight is 491 g/mol. The summed E-state index contributed by atoms with van der Waals surface area (Å²) in [5, 5.41) is 13.7. The summed E-state index contributed by atoms with van der Waals surface area (Å²) in [5.41, 5.74) is 0.450. The molecule has 0 saturated heterocycles. The van der Waals surface area contributed by atoms with Crippen LogP contribution in [0.15, 0.2) is 52.7 Å². The molecule has 0 spiro atoms. The highest BCUT2D eigenvalue weighted by atomic mass is 32.2. The van der Waals surface area contributed by atoms with Gasteiger partial charge in [0.2, 0.25) is 0 Å².